The third kappa shape index (κ3) is 3.87. The predicted molar refractivity (Wildman–Crippen MR) is 129 cm³/mol. The molecule has 2 aliphatic rings. The van der Waals surface area contributed by atoms with Gasteiger partial charge in [0.05, 0.1) is 35.4 Å². The molecule has 2 heterocycles. The summed E-state index contributed by atoms with van der Waals surface area (Å²) in [4.78, 5) is 20.9. The highest BCUT2D eigenvalue weighted by Crippen LogP contribution is 2.47. The van der Waals surface area contributed by atoms with E-state index in [2.05, 4.69) is 20.8 Å². The Morgan fingerprint density at radius 1 is 1.14 bits per heavy atom. The summed E-state index contributed by atoms with van der Waals surface area (Å²) in [6.45, 7) is 1.89. The number of rotatable bonds is 4. The average molecular weight is 474 g/mol. The van der Waals surface area contributed by atoms with E-state index in [1.54, 1.807) is 24.4 Å². The first-order valence-corrected chi connectivity index (χ1v) is 11.8. The first-order valence-electron chi connectivity index (χ1n) is 11.8. The smallest absolute Gasteiger partial charge is 0.340 e. The van der Waals surface area contributed by atoms with E-state index < -0.39 is 17.2 Å². The van der Waals surface area contributed by atoms with E-state index in [0.717, 1.165) is 42.1 Å². The van der Waals surface area contributed by atoms with Crippen molar-refractivity contribution >= 4 is 28.3 Å². The van der Waals surface area contributed by atoms with Gasteiger partial charge in [-0.25, -0.2) is 13.6 Å². The monoisotopic (exact) mass is 473 g/mol. The third-order valence-corrected chi connectivity index (χ3v) is 7.78. The number of nitriles is 1. The number of aliphatic imine (C=N–C) groups is 1. The molecule has 0 amide bonds. The number of carbonyl (C=O) groups is 1. The Morgan fingerprint density at radius 2 is 1.91 bits per heavy atom. The van der Waals surface area contributed by atoms with Gasteiger partial charge in [0.1, 0.15) is 11.6 Å². The van der Waals surface area contributed by atoms with Gasteiger partial charge in [-0.15, -0.1) is 0 Å². The normalized spacial score (nSPS) is 21.1. The minimum Gasteiger partial charge on any atom is -0.465 e. The van der Waals surface area contributed by atoms with Gasteiger partial charge < -0.3 is 4.74 Å². The number of hydrogen-bond acceptors (Lipinski definition) is 5. The molecule has 1 fully saturated rings. The highest BCUT2D eigenvalue weighted by molar-refractivity contribution is 6.01. The predicted octanol–water partition coefficient (Wildman–Crippen LogP) is 6.43. The molecule has 3 aromatic rings. The van der Waals surface area contributed by atoms with Crippen LogP contribution in [-0.4, -0.2) is 23.8 Å². The fourth-order valence-electron chi connectivity index (χ4n) is 5.67. The van der Waals surface area contributed by atoms with Crippen LogP contribution in [0.25, 0.3) is 10.9 Å². The average Bonchev–Trinajstić information content (AvgIpc) is 3.34. The summed E-state index contributed by atoms with van der Waals surface area (Å²) in [6.07, 6.45) is 5.29. The van der Waals surface area contributed by atoms with Crippen LogP contribution in [0.5, 0.6) is 0 Å². The molecule has 178 valence electrons. The summed E-state index contributed by atoms with van der Waals surface area (Å²) >= 11 is 0. The minimum absolute atomic E-state index is 0.0600. The van der Waals surface area contributed by atoms with E-state index in [4.69, 9.17) is 0 Å². The van der Waals surface area contributed by atoms with Gasteiger partial charge in [-0.1, -0.05) is 0 Å². The van der Waals surface area contributed by atoms with Crippen molar-refractivity contribution in [3.63, 3.8) is 0 Å². The molecule has 1 saturated carbocycles. The molecule has 0 spiro atoms. The van der Waals surface area contributed by atoms with Crippen molar-refractivity contribution in [3.8, 4) is 6.07 Å². The second-order valence-corrected chi connectivity index (χ2v) is 9.58. The Labute approximate surface area is 202 Å². The number of carbonyl (C=O) groups excluding carboxylic acids is 1. The summed E-state index contributed by atoms with van der Waals surface area (Å²) in [5.41, 5.74) is 2.33. The van der Waals surface area contributed by atoms with Crippen LogP contribution in [0.1, 0.15) is 60.0 Å². The number of fused-ring (bicyclic) bond motifs is 2. The maximum atomic E-state index is 15.0. The van der Waals surface area contributed by atoms with E-state index in [1.165, 1.54) is 19.2 Å². The number of aromatic nitrogens is 1. The number of pyridine rings is 1. The van der Waals surface area contributed by atoms with Crippen LogP contribution in [-0.2, 0) is 11.2 Å². The van der Waals surface area contributed by atoms with E-state index in [0.29, 0.717) is 17.0 Å². The van der Waals surface area contributed by atoms with Crippen LogP contribution in [0.2, 0.25) is 0 Å². The molecule has 5 nitrogen and oxygen atoms in total. The quantitative estimate of drug-likeness (QED) is 0.409. The van der Waals surface area contributed by atoms with Gasteiger partial charge in [-0.3, -0.25) is 9.98 Å². The van der Waals surface area contributed by atoms with E-state index in [9.17, 15) is 14.4 Å². The van der Waals surface area contributed by atoms with Crippen molar-refractivity contribution in [2.24, 2.45) is 16.3 Å². The lowest BCUT2D eigenvalue weighted by Gasteiger charge is -2.37. The molecule has 1 aliphatic carbocycles. The molecule has 2 aromatic carbocycles. The Balaban J connectivity index is 1.36. The molecule has 0 bridgehead atoms. The van der Waals surface area contributed by atoms with E-state index in [1.807, 2.05) is 13.0 Å². The molecule has 1 unspecified atom stereocenters. The van der Waals surface area contributed by atoms with Crippen molar-refractivity contribution in [1.29, 1.82) is 5.26 Å². The van der Waals surface area contributed by atoms with Gasteiger partial charge in [0.25, 0.3) is 0 Å². The zero-order valence-electron chi connectivity index (χ0n) is 19.6. The van der Waals surface area contributed by atoms with Gasteiger partial charge in [0.15, 0.2) is 0 Å². The molecule has 0 saturated heterocycles. The molecule has 7 heteroatoms. The second kappa shape index (κ2) is 8.84. The second-order valence-electron chi connectivity index (χ2n) is 9.58. The highest BCUT2D eigenvalue weighted by atomic mass is 19.1. The van der Waals surface area contributed by atoms with Crippen LogP contribution in [0.3, 0.4) is 0 Å². The lowest BCUT2D eigenvalue weighted by atomic mass is 9.64. The SMILES string of the molecule is COC(=O)c1ccc2c(c1F)CC(C(C)(C#N)C1CCC(c3ccnc4ccc(F)cc34)CC1)=N2. The van der Waals surface area contributed by atoms with Crippen LogP contribution < -0.4 is 0 Å². The van der Waals surface area contributed by atoms with E-state index >= 15 is 4.39 Å². The van der Waals surface area contributed by atoms with Crippen molar-refractivity contribution in [1.82, 2.24) is 4.98 Å². The summed E-state index contributed by atoms with van der Waals surface area (Å²) in [5, 5.41) is 11.1. The highest BCUT2D eigenvalue weighted by Gasteiger charge is 2.43. The Morgan fingerprint density at radius 3 is 2.63 bits per heavy atom. The van der Waals surface area contributed by atoms with Gasteiger partial charge in [0, 0.05) is 29.3 Å². The fraction of sp³-hybridized carbons (Fsp3) is 0.357. The molecule has 35 heavy (non-hydrogen) atoms. The summed E-state index contributed by atoms with van der Waals surface area (Å²) in [5.74, 6) is -1.33. The van der Waals surface area contributed by atoms with Gasteiger partial charge in [0.2, 0.25) is 0 Å². The summed E-state index contributed by atoms with van der Waals surface area (Å²) in [7, 11) is 1.21. The third-order valence-electron chi connectivity index (χ3n) is 7.78. The van der Waals surface area contributed by atoms with E-state index in [-0.39, 0.29) is 29.6 Å². The number of hydrogen-bond donors (Lipinski definition) is 0. The number of methoxy groups -OCH3 is 1. The molecule has 0 radical (unpaired) electrons. The number of benzene rings is 2. The van der Waals surface area contributed by atoms with Gasteiger partial charge in [-0.05, 0) is 86.4 Å². The number of esters is 1. The maximum Gasteiger partial charge on any atom is 0.340 e. The van der Waals surface area contributed by atoms with Crippen LogP contribution >= 0.6 is 0 Å². The first-order chi connectivity index (χ1) is 16.9. The first kappa shape index (κ1) is 23.1. The van der Waals surface area contributed by atoms with Crippen molar-refractivity contribution in [2.45, 2.75) is 44.9 Å². The minimum atomic E-state index is -0.853. The number of nitrogens with zero attached hydrogens (tertiary/aromatic N) is 3. The largest absolute Gasteiger partial charge is 0.465 e. The van der Waals surface area contributed by atoms with Crippen LogP contribution in [0.15, 0.2) is 47.6 Å². The molecule has 1 aromatic heterocycles. The summed E-state index contributed by atoms with van der Waals surface area (Å²) in [6, 6.07) is 12.1. The zero-order chi connectivity index (χ0) is 24.7. The topological polar surface area (TPSA) is 75.3 Å². The molecule has 1 aliphatic heterocycles. The van der Waals surface area contributed by atoms with Crippen molar-refractivity contribution in [3.05, 3.63) is 70.9 Å². The molecule has 1 atom stereocenters. The zero-order valence-corrected chi connectivity index (χ0v) is 19.6. The van der Waals surface area contributed by atoms with Crippen LogP contribution in [0.4, 0.5) is 14.5 Å². The maximum absolute atomic E-state index is 15.0. The number of halogens is 2. The fourth-order valence-corrected chi connectivity index (χ4v) is 5.67. The van der Waals surface area contributed by atoms with Crippen molar-refractivity contribution < 1.29 is 18.3 Å². The van der Waals surface area contributed by atoms with Crippen LogP contribution in [0, 0.1) is 34.3 Å². The van der Waals surface area contributed by atoms with Gasteiger partial charge >= 0.3 is 5.97 Å². The lowest BCUT2D eigenvalue weighted by Crippen LogP contribution is -2.37. The Hall–Kier alpha value is -3.66. The lowest BCUT2D eigenvalue weighted by molar-refractivity contribution is 0.0595. The Kier molecular flexibility index (Phi) is 5.84. The van der Waals surface area contributed by atoms with Gasteiger partial charge in [-0.2, -0.15) is 5.26 Å². The summed E-state index contributed by atoms with van der Waals surface area (Å²) < 4.78 is 33.6. The Bertz CT molecular complexity index is 1400. The molecular formula is C28H25F2N3O2. The molecule has 0 N–H and O–H groups in total. The molecule has 5 rings (SSSR count). The molecular weight excluding hydrogens is 448 g/mol. The van der Waals surface area contributed by atoms with Crippen molar-refractivity contribution in [2.75, 3.05) is 7.11 Å². The number of ether oxygens (including phenoxy) is 1. The standard InChI is InChI=1S/C28H25F2N3O2/c1-28(15-31,25-14-22-24(33-25)10-8-20(26(22)30)27(34)35-2)17-5-3-16(4-6-17)19-11-12-32-23-9-7-18(29)13-21(19)23/h7-13,16-17H,3-6,14H2,1-2H3.